The summed E-state index contributed by atoms with van der Waals surface area (Å²) < 4.78 is 0. The van der Waals surface area contributed by atoms with E-state index in [1.54, 1.807) is 4.90 Å². The van der Waals surface area contributed by atoms with Crippen molar-refractivity contribution in [2.24, 2.45) is 0 Å². The maximum Gasteiger partial charge on any atom is 0.245 e. The molecular formula is C21H32N6O2S. The largest absolute Gasteiger partial charge is 0.341 e. The second-order valence-corrected chi connectivity index (χ2v) is 9.96. The Morgan fingerprint density at radius 3 is 2.33 bits per heavy atom. The second kappa shape index (κ2) is 8.78. The predicted molar refractivity (Wildman–Crippen MR) is 117 cm³/mol. The molecule has 5 rings (SSSR count). The van der Waals surface area contributed by atoms with Crippen LogP contribution in [0.25, 0.3) is 0 Å². The summed E-state index contributed by atoms with van der Waals surface area (Å²) in [6.45, 7) is 5.76. The van der Waals surface area contributed by atoms with Crippen molar-refractivity contribution in [2.45, 2.75) is 69.9 Å². The van der Waals surface area contributed by atoms with Crippen LogP contribution in [0.3, 0.4) is 0 Å². The molecule has 4 aliphatic heterocycles. The van der Waals surface area contributed by atoms with Crippen LogP contribution in [-0.4, -0.2) is 83.2 Å². The number of hydrogen-bond acceptors (Lipinski definition) is 7. The molecule has 9 heteroatoms. The summed E-state index contributed by atoms with van der Waals surface area (Å²) in [5, 5.41) is 10.1. The van der Waals surface area contributed by atoms with E-state index < -0.39 is 0 Å². The summed E-state index contributed by atoms with van der Waals surface area (Å²) in [6.07, 6.45) is 9.55. The zero-order chi connectivity index (χ0) is 20.5. The molecule has 0 unspecified atom stereocenters. The van der Waals surface area contributed by atoms with Crippen molar-refractivity contribution < 1.29 is 9.59 Å². The lowest BCUT2D eigenvalue weighted by Gasteiger charge is -2.41. The molecule has 8 nitrogen and oxygen atoms in total. The van der Waals surface area contributed by atoms with Gasteiger partial charge >= 0.3 is 0 Å². The Labute approximate surface area is 182 Å². The number of aromatic nitrogens is 2. The van der Waals surface area contributed by atoms with E-state index in [-0.39, 0.29) is 17.9 Å². The monoisotopic (exact) mass is 432 g/mol. The highest BCUT2D eigenvalue weighted by atomic mass is 32.1. The lowest BCUT2D eigenvalue weighted by molar-refractivity contribution is -0.134. The van der Waals surface area contributed by atoms with Gasteiger partial charge in [0.25, 0.3) is 0 Å². The Balaban J connectivity index is 1.20. The molecule has 30 heavy (non-hydrogen) atoms. The normalized spacial score (nSPS) is 26.7. The van der Waals surface area contributed by atoms with Crippen molar-refractivity contribution in [1.29, 1.82) is 0 Å². The molecule has 164 valence electrons. The van der Waals surface area contributed by atoms with Gasteiger partial charge in [-0.25, -0.2) is 0 Å². The zero-order valence-electron chi connectivity index (χ0n) is 17.7. The quantitative estimate of drug-likeness (QED) is 0.726. The molecule has 0 aromatic carbocycles. The van der Waals surface area contributed by atoms with Crippen LogP contribution in [0, 0.1) is 0 Å². The molecule has 4 fully saturated rings. The summed E-state index contributed by atoms with van der Waals surface area (Å²) in [4.78, 5) is 33.9. The Kier molecular flexibility index (Phi) is 5.91. The standard InChI is InChI=1S/C21H32N6O2S/c28-18-7-5-13-27(18)21-23-22-20(30-21)26-12-4-6-17(26)19(29)25-14-8-16(9-15-25)24-10-2-1-3-11-24/h16-17H,1-15H2/t17-/m0/s1. The van der Waals surface area contributed by atoms with Crippen LogP contribution in [0.2, 0.25) is 0 Å². The van der Waals surface area contributed by atoms with E-state index in [0.29, 0.717) is 17.6 Å². The van der Waals surface area contributed by atoms with Gasteiger partial charge in [-0.1, -0.05) is 17.8 Å². The van der Waals surface area contributed by atoms with Gasteiger partial charge in [-0.05, 0) is 58.0 Å². The zero-order valence-corrected chi connectivity index (χ0v) is 18.5. The molecule has 0 aliphatic carbocycles. The third-order valence-corrected chi connectivity index (χ3v) is 8.16. The molecule has 0 bridgehead atoms. The van der Waals surface area contributed by atoms with Gasteiger partial charge in [0.2, 0.25) is 22.1 Å². The van der Waals surface area contributed by atoms with Crippen molar-refractivity contribution >= 4 is 33.4 Å². The number of rotatable bonds is 4. The Hall–Kier alpha value is -1.74. The maximum absolute atomic E-state index is 13.3. The van der Waals surface area contributed by atoms with Gasteiger partial charge in [-0.2, -0.15) is 0 Å². The molecule has 0 radical (unpaired) electrons. The lowest BCUT2D eigenvalue weighted by Crippen LogP contribution is -2.52. The molecule has 1 aromatic heterocycles. The number of carbonyl (C=O) groups is 2. The summed E-state index contributed by atoms with van der Waals surface area (Å²) in [5.74, 6) is 0.377. The highest BCUT2D eigenvalue weighted by Gasteiger charge is 2.38. The third-order valence-electron chi connectivity index (χ3n) is 7.17. The molecule has 0 saturated carbocycles. The Morgan fingerprint density at radius 1 is 0.833 bits per heavy atom. The number of piperidine rings is 2. The molecule has 0 spiro atoms. The van der Waals surface area contributed by atoms with Crippen LogP contribution in [0.1, 0.15) is 57.8 Å². The highest BCUT2D eigenvalue weighted by molar-refractivity contribution is 7.19. The molecule has 5 heterocycles. The number of amides is 2. The van der Waals surface area contributed by atoms with Crippen molar-refractivity contribution in [2.75, 3.05) is 49.1 Å². The highest BCUT2D eigenvalue weighted by Crippen LogP contribution is 2.34. The van der Waals surface area contributed by atoms with Crippen LogP contribution < -0.4 is 9.80 Å². The average molecular weight is 433 g/mol. The van der Waals surface area contributed by atoms with E-state index >= 15 is 0 Å². The topological polar surface area (TPSA) is 72.9 Å². The average Bonchev–Trinajstić information content (AvgIpc) is 3.54. The summed E-state index contributed by atoms with van der Waals surface area (Å²) in [5.41, 5.74) is 0. The number of hydrogen-bond donors (Lipinski definition) is 0. The molecule has 0 N–H and O–H groups in total. The second-order valence-electron chi connectivity index (χ2n) is 9.02. The number of nitrogens with zero attached hydrogens (tertiary/aromatic N) is 6. The molecule has 2 amide bonds. The van der Waals surface area contributed by atoms with Crippen LogP contribution in [0.5, 0.6) is 0 Å². The molecule has 4 aliphatic rings. The van der Waals surface area contributed by atoms with Crippen molar-refractivity contribution in [3.63, 3.8) is 0 Å². The van der Waals surface area contributed by atoms with Crippen molar-refractivity contribution in [1.82, 2.24) is 20.0 Å². The smallest absolute Gasteiger partial charge is 0.245 e. The maximum atomic E-state index is 13.3. The fourth-order valence-electron chi connectivity index (χ4n) is 5.48. The SMILES string of the molecule is O=C([C@@H]1CCCN1c1nnc(N2CCCC2=O)s1)N1CCC(N2CCCCC2)CC1. The lowest BCUT2D eigenvalue weighted by atomic mass is 9.99. The Morgan fingerprint density at radius 2 is 1.60 bits per heavy atom. The molecule has 4 saturated heterocycles. The summed E-state index contributed by atoms with van der Waals surface area (Å²) in [6, 6.07) is 0.518. The minimum absolute atomic E-state index is 0.128. The third kappa shape index (κ3) is 3.93. The van der Waals surface area contributed by atoms with Crippen LogP contribution in [0.15, 0.2) is 0 Å². The first-order valence-electron chi connectivity index (χ1n) is 11.6. The van der Waals surface area contributed by atoms with Gasteiger partial charge in [-0.3, -0.25) is 14.5 Å². The van der Waals surface area contributed by atoms with Gasteiger partial charge < -0.3 is 14.7 Å². The van der Waals surface area contributed by atoms with Crippen LogP contribution in [-0.2, 0) is 9.59 Å². The summed E-state index contributed by atoms with van der Waals surface area (Å²) >= 11 is 1.45. The number of likely N-dealkylation sites (tertiary alicyclic amines) is 2. The predicted octanol–water partition coefficient (Wildman–Crippen LogP) is 2.11. The molecule has 1 aromatic rings. The van der Waals surface area contributed by atoms with Crippen molar-refractivity contribution in [3.8, 4) is 0 Å². The van der Waals surface area contributed by atoms with Gasteiger partial charge in [0, 0.05) is 38.6 Å². The van der Waals surface area contributed by atoms with E-state index in [4.69, 9.17) is 0 Å². The van der Waals surface area contributed by atoms with Crippen molar-refractivity contribution in [3.05, 3.63) is 0 Å². The van der Waals surface area contributed by atoms with Gasteiger partial charge in [0.1, 0.15) is 6.04 Å². The fraction of sp³-hybridized carbons (Fsp3) is 0.810. The fourth-order valence-corrected chi connectivity index (χ4v) is 6.45. The van der Waals surface area contributed by atoms with Gasteiger partial charge in [-0.15, -0.1) is 10.2 Å². The number of anilines is 2. The van der Waals surface area contributed by atoms with E-state index in [1.807, 2.05) is 0 Å². The molecule has 1 atom stereocenters. The summed E-state index contributed by atoms with van der Waals surface area (Å²) in [7, 11) is 0. The Bertz CT molecular complexity index is 771. The van der Waals surface area contributed by atoms with E-state index in [1.165, 1.54) is 43.7 Å². The molecular weight excluding hydrogens is 400 g/mol. The number of carbonyl (C=O) groups excluding carboxylic acids is 2. The first kappa shape index (κ1) is 20.2. The van der Waals surface area contributed by atoms with Crippen LogP contribution in [0.4, 0.5) is 10.3 Å². The minimum atomic E-state index is -0.133. The van der Waals surface area contributed by atoms with E-state index in [0.717, 1.165) is 63.4 Å². The van der Waals surface area contributed by atoms with E-state index in [2.05, 4.69) is 24.9 Å². The van der Waals surface area contributed by atoms with Gasteiger partial charge in [0.15, 0.2) is 0 Å². The van der Waals surface area contributed by atoms with Crippen LogP contribution >= 0.6 is 11.3 Å². The van der Waals surface area contributed by atoms with Gasteiger partial charge in [0.05, 0.1) is 0 Å². The first-order chi connectivity index (χ1) is 14.7. The van der Waals surface area contributed by atoms with E-state index in [9.17, 15) is 9.59 Å². The minimum Gasteiger partial charge on any atom is -0.341 e. The first-order valence-corrected chi connectivity index (χ1v) is 12.5.